The number of aryl methyl sites for hydroxylation is 1. The molecule has 1 saturated heterocycles. The van der Waals surface area contributed by atoms with Gasteiger partial charge in [-0.05, 0) is 25.8 Å². The highest BCUT2D eigenvalue weighted by atomic mass is 35.5. The number of hydrogen-bond donors (Lipinski definition) is 0. The van der Waals surface area contributed by atoms with Gasteiger partial charge in [0.25, 0.3) is 0 Å². The Morgan fingerprint density at radius 2 is 1.55 bits per heavy atom. The number of halogens is 1. The Hall–Kier alpha value is -2.79. The third kappa shape index (κ3) is 4.62. The minimum Gasteiger partial charge on any atom is -0.493 e. The number of methoxy groups -OCH3 is 2. The fraction of sp³-hybridized carbons (Fsp3) is 0.360. The molecule has 31 heavy (non-hydrogen) atoms. The zero-order valence-electron chi connectivity index (χ0n) is 18.3. The molecule has 4 rings (SSSR count). The van der Waals surface area contributed by atoms with Crippen molar-refractivity contribution in [3.8, 4) is 11.5 Å². The summed E-state index contributed by atoms with van der Waals surface area (Å²) in [7, 11) is 3.25. The van der Waals surface area contributed by atoms with E-state index in [0.29, 0.717) is 22.6 Å². The monoisotopic (exact) mass is 440 g/mol. The maximum Gasteiger partial charge on any atom is 0.196 e. The summed E-state index contributed by atoms with van der Waals surface area (Å²) in [4.78, 5) is 20.5. The number of nitrogens with zero attached hydrogens (tertiary/aromatic N) is 2. The second kappa shape index (κ2) is 10.0. The zero-order valence-corrected chi connectivity index (χ0v) is 19.1. The summed E-state index contributed by atoms with van der Waals surface area (Å²) in [5.41, 5.74) is 4.20. The lowest BCUT2D eigenvalue weighted by atomic mass is 9.98. The van der Waals surface area contributed by atoms with Crippen molar-refractivity contribution >= 4 is 34.8 Å². The number of carbonyl (C=O) groups excluding carboxylic acids is 1. The molecule has 164 valence electrons. The molecule has 3 aromatic rings. The minimum atomic E-state index is -0.00145. The molecule has 0 unspecified atom stereocenters. The smallest absolute Gasteiger partial charge is 0.196 e. The van der Waals surface area contributed by atoms with Crippen LogP contribution in [0.25, 0.3) is 10.9 Å². The predicted molar refractivity (Wildman–Crippen MR) is 127 cm³/mol. The summed E-state index contributed by atoms with van der Waals surface area (Å²) in [5.74, 6) is 1.28. The number of rotatable bonds is 5. The van der Waals surface area contributed by atoms with Gasteiger partial charge in [-0.25, -0.2) is 0 Å². The van der Waals surface area contributed by atoms with Crippen molar-refractivity contribution in [3.05, 3.63) is 59.3 Å². The van der Waals surface area contributed by atoms with Crippen molar-refractivity contribution in [1.82, 2.24) is 4.98 Å². The van der Waals surface area contributed by atoms with Crippen LogP contribution in [0.3, 0.4) is 0 Å². The van der Waals surface area contributed by atoms with E-state index in [-0.39, 0.29) is 18.2 Å². The molecule has 0 aliphatic carbocycles. The molecule has 1 fully saturated rings. The second-order valence-electron chi connectivity index (χ2n) is 7.84. The summed E-state index contributed by atoms with van der Waals surface area (Å²) in [6, 6.07) is 11.6. The summed E-state index contributed by atoms with van der Waals surface area (Å²) in [5, 5.41) is 0.924. The van der Waals surface area contributed by atoms with E-state index in [4.69, 9.17) is 9.47 Å². The van der Waals surface area contributed by atoms with Gasteiger partial charge in [0.1, 0.15) is 0 Å². The molecule has 2 aromatic carbocycles. The molecule has 0 N–H and O–H groups in total. The van der Waals surface area contributed by atoms with Crippen molar-refractivity contribution in [2.45, 2.75) is 32.6 Å². The van der Waals surface area contributed by atoms with Crippen LogP contribution in [0.1, 0.15) is 47.2 Å². The van der Waals surface area contributed by atoms with Gasteiger partial charge in [0.15, 0.2) is 17.3 Å². The Morgan fingerprint density at radius 3 is 2.16 bits per heavy atom. The van der Waals surface area contributed by atoms with Gasteiger partial charge in [-0.15, -0.1) is 12.4 Å². The van der Waals surface area contributed by atoms with Crippen LogP contribution >= 0.6 is 12.4 Å². The number of benzene rings is 2. The molecule has 1 aromatic heterocycles. The van der Waals surface area contributed by atoms with E-state index in [9.17, 15) is 4.79 Å². The van der Waals surface area contributed by atoms with E-state index in [1.165, 1.54) is 12.8 Å². The Bertz CT molecular complexity index is 1060. The quantitative estimate of drug-likeness (QED) is 0.484. The largest absolute Gasteiger partial charge is 0.493 e. The maximum absolute atomic E-state index is 13.5. The van der Waals surface area contributed by atoms with Crippen LogP contribution in [-0.4, -0.2) is 38.1 Å². The molecule has 0 radical (unpaired) electrons. The Morgan fingerprint density at radius 1 is 0.935 bits per heavy atom. The fourth-order valence-corrected chi connectivity index (χ4v) is 4.17. The molecule has 1 aliphatic heterocycles. The van der Waals surface area contributed by atoms with Crippen LogP contribution in [0.4, 0.5) is 5.69 Å². The lowest BCUT2D eigenvalue weighted by Crippen LogP contribution is -2.26. The number of ketones is 1. The van der Waals surface area contributed by atoms with Gasteiger partial charge >= 0.3 is 0 Å². The molecular formula is C25H29ClN2O3. The molecule has 0 atom stereocenters. The molecule has 6 heteroatoms. The number of ether oxygens (including phenoxy) is 2. The van der Waals surface area contributed by atoms with Crippen molar-refractivity contribution in [2.24, 2.45) is 0 Å². The normalized spacial score (nSPS) is 14.0. The Labute approximate surface area is 189 Å². The van der Waals surface area contributed by atoms with E-state index in [2.05, 4.69) is 9.88 Å². The summed E-state index contributed by atoms with van der Waals surface area (Å²) in [6.07, 6.45) is 6.40. The highest BCUT2D eigenvalue weighted by molar-refractivity contribution is 6.16. The summed E-state index contributed by atoms with van der Waals surface area (Å²) >= 11 is 0. The van der Waals surface area contributed by atoms with Crippen LogP contribution in [0, 0.1) is 6.92 Å². The number of pyridine rings is 1. The van der Waals surface area contributed by atoms with E-state index >= 15 is 0 Å². The topological polar surface area (TPSA) is 51.7 Å². The van der Waals surface area contributed by atoms with Gasteiger partial charge in [-0.1, -0.05) is 42.7 Å². The van der Waals surface area contributed by atoms with Crippen LogP contribution in [0.15, 0.2) is 42.6 Å². The van der Waals surface area contributed by atoms with Crippen LogP contribution < -0.4 is 14.4 Å². The van der Waals surface area contributed by atoms with E-state index < -0.39 is 0 Å². The van der Waals surface area contributed by atoms with Crippen molar-refractivity contribution in [2.75, 3.05) is 32.2 Å². The van der Waals surface area contributed by atoms with Gasteiger partial charge in [-0.3, -0.25) is 9.78 Å². The van der Waals surface area contributed by atoms with Gasteiger partial charge < -0.3 is 14.4 Å². The third-order valence-electron chi connectivity index (χ3n) is 5.83. The van der Waals surface area contributed by atoms with Crippen molar-refractivity contribution in [1.29, 1.82) is 0 Å². The molecule has 1 aliphatic rings. The van der Waals surface area contributed by atoms with Gasteiger partial charge in [0.2, 0.25) is 0 Å². The van der Waals surface area contributed by atoms with Crippen LogP contribution in [0.5, 0.6) is 11.5 Å². The highest BCUT2D eigenvalue weighted by Crippen LogP contribution is 2.39. The SMILES string of the molecule is COc1cc2ncc(C(=O)c3ccc(C)cc3)c(N3CCCCCC3)c2cc1OC.Cl. The van der Waals surface area contributed by atoms with Crippen molar-refractivity contribution in [3.63, 3.8) is 0 Å². The zero-order chi connectivity index (χ0) is 21.1. The van der Waals surface area contributed by atoms with Crippen LogP contribution in [-0.2, 0) is 0 Å². The number of anilines is 1. The van der Waals surface area contributed by atoms with E-state index in [0.717, 1.165) is 48.1 Å². The number of carbonyl (C=O) groups is 1. The molecule has 0 amide bonds. The first-order valence-electron chi connectivity index (χ1n) is 10.5. The first-order valence-corrected chi connectivity index (χ1v) is 10.5. The minimum absolute atomic E-state index is 0. The first kappa shape index (κ1) is 22.9. The summed E-state index contributed by atoms with van der Waals surface area (Å²) in [6.45, 7) is 3.89. The molecule has 2 heterocycles. The molecule has 0 bridgehead atoms. The highest BCUT2D eigenvalue weighted by Gasteiger charge is 2.23. The number of fused-ring (bicyclic) bond motifs is 1. The molecule has 5 nitrogen and oxygen atoms in total. The maximum atomic E-state index is 13.5. The fourth-order valence-electron chi connectivity index (χ4n) is 4.17. The predicted octanol–water partition coefficient (Wildman–Crippen LogP) is 5.59. The molecular weight excluding hydrogens is 412 g/mol. The Balaban J connectivity index is 0.00000272. The number of hydrogen-bond acceptors (Lipinski definition) is 5. The Kier molecular flexibility index (Phi) is 7.39. The van der Waals surface area contributed by atoms with E-state index in [1.807, 2.05) is 43.3 Å². The average molecular weight is 441 g/mol. The van der Waals surface area contributed by atoms with Gasteiger partial charge in [0.05, 0.1) is 31.0 Å². The molecule has 0 spiro atoms. The van der Waals surface area contributed by atoms with Crippen LogP contribution in [0.2, 0.25) is 0 Å². The first-order chi connectivity index (χ1) is 14.6. The number of aromatic nitrogens is 1. The lowest BCUT2D eigenvalue weighted by molar-refractivity contribution is 0.103. The summed E-state index contributed by atoms with van der Waals surface area (Å²) < 4.78 is 11.0. The second-order valence-corrected chi connectivity index (χ2v) is 7.84. The van der Waals surface area contributed by atoms with Gasteiger partial charge in [-0.2, -0.15) is 0 Å². The lowest BCUT2D eigenvalue weighted by Gasteiger charge is -2.27. The van der Waals surface area contributed by atoms with Crippen molar-refractivity contribution < 1.29 is 14.3 Å². The van der Waals surface area contributed by atoms with E-state index in [1.54, 1.807) is 20.4 Å². The average Bonchev–Trinajstić information content (AvgIpc) is 3.06. The third-order valence-corrected chi connectivity index (χ3v) is 5.83. The molecule has 0 saturated carbocycles. The standard InChI is InChI=1S/C25H28N2O3.ClH/c1-17-8-10-18(11-9-17)25(28)20-16-26-21-15-23(30-3)22(29-2)14-19(21)24(20)27-12-6-4-5-7-13-27;/h8-11,14-16H,4-7,12-13H2,1-3H3;1H. The van der Waals surface area contributed by atoms with Gasteiger partial charge in [0, 0.05) is 36.3 Å².